The van der Waals surface area contributed by atoms with E-state index < -0.39 is 5.82 Å². The highest BCUT2D eigenvalue weighted by Crippen LogP contribution is 2.13. The summed E-state index contributed by atoms with van der Waals surface area (Å²) in [5, 5.41) is 0. The van der Waals surface area contributed by atoms with Gasteiger partial charge in [0.2, 0.25) is 0 Å². The van der Waals surface area contributed by atoms with Crippen molar-refractivity contribution in [2.75, 3.05) is 19.3 Å². The molecule has 0 bridgehead atoms. The molecule has 0 spiro atoms. The summed E-state index contributed by atoms with van der Waals surface area (Å²) in [4.78, 5) is 13.0. The molecule has 0 aliphatic rings. The van der Waals surface area contributed by atoms with E-state index in [1.807, 2.05) is 6.92 Å². The second-order valence-corrected chi connectivity index (χ2v) is 3.06. The molecule has 0 aliphatic heterocycles. The molecule has 0 heterocycles. The average Bonchev–Trinajstić information content (AvgIpc) is 2.15. The van der Waals surface area contributed by atoms with Crippen molar-refractivity contribution in [3.8, 4) is 0 Å². The molecular formula is C10H13FN2O. The van der Waals surface area contributed by atoms with E-state index in [2.05, 4.69) is 0 Å². The molecule has 1 aromatic carbocycles. The van der Waals surface area contributed by atoms with Crippen LogP contribution in [0.2, 0.25) is 0 Å². The van der Waals surface area contributed by atoms with Gasteiger partial charge in [0.25, 0.3) is 5.91 Å². The maximum atomic E-state index is 13.3. The molecule has 2 N–H and O–H groups in total. The Kier molecular flexibility index (Phi) is 3.06. The smallest absolute Gasteiger partial charge is 0.256 e. The van der Waals surface area contributed by atoms with Gasteiger partial charge >= 0.3 is 0 Å². The maximum Gasteiger partial charge on any atom is 0.256 e. The molecular weight excluding hydrogens is 183 g/mol. The topological polar surface area (TPSA) is 46.3 Å². The monoisotopic (exact) mass is 196 g/mol. The first-order valence-corrected chi connectivity index (χ1v) is 4.36. The van der Waals surface area contributed by atoms with E-state index in [0.29, 0.717) is 12.2 Å². The minimum absolute atomic E-state index is 0.0588. The number of hydrogen-bond donors (Lipinski definition) is 1. The predicted molar refractivity (Wildman–Crippen MR) is 53.4 cm³/mol. The van der Waals surface area contributed by atoms with E-state index in [9.17, 15) is 9.18 Å². The van der Waals surface area contributed by atoms with Crippen molar-refractivity contribution in [3.05, 3.63) is 29.6 Å². The van der Waals surface area contributed by atoms with Crippen LogP contribution >= 0.6 is 0 Å². The SMILES string of the molecule is CCN(C)C(=O)c1ccc(N)cc1F. The summed E-state index contributed by atoms with van der Waals surface area (Å²) in [5.74, 6) is -0.902. The van der Waals surface area contributed by atoms with E-state index in [-0.39, 0.29) is 11.5 Å². The predicted octanol–water partition coefficient (Wildman–Crippen LogP) is 1.50. The Morgan fingerprint density at radius 2 is 2.21 bits per heavy atom. The molecule has 0 aliphatic carbocycles. The standard InChI is InChI=1S/C10H13FN2O/c1-3-13(2)10(14)8-5-4-7(12)6-9(8)11/h4-6H,3,12H2,1-2H3. The Morgan fingerprint density at radius 3 is 2.71 bits per heavy atom. The second kappa shape index (κ2) is 4.09. The van der Waals surface area contributed by atoms with Crippen LogP contribution in [-0.2, 0) is 0 Å². The molecule has 0 saturated heterocycles. The summed E-state index contributed by atoms with van der Waals surface area (Å²) in [6, 6.07) is 4.07. The van der Waals surface area contributed by atoms with Gasteiger partial charge < -0.3 is 10.6 Å². The van der Waals surface area contributed by atoms with Crippen LogP contribution in [0.15, 0.2) is 18.2 Å². The Labute approximate surface area is 82.3 Å². The first-order valence-electron chi connectivity index (χ1n) is 4.36. The number of nitrogens with two attached hydrogens (primary N) is 1. The summed E-state index contributed by atoms with van der Waals surface area (Å²) >= 11 is 0. The fraction of sp³-hybridized carbons (Fsp3) is 0.300. The summed E-state index contributed by atoms with van der Waals surface area (Å²) in [5.41, 5.74) is 5.75. The largest absolute Gasteiger partial charge is 0.399 e. The van der Waals surface area contributed by atoms with Crippen LogP contribution in [0.1, 0.15) is 17.3 Å². The lowest BCUT2D eigenvalue weighted by Gasteiger charge is -2.14. The first kappa shape index (κ1) is 10.5. The molecule has 0 atom stereocenters. The number of nitrogen functional groups attached to an aromatic ring is 1. The third-order valence-electron chi connectivity index (χ3n) is 2.04. The zero-order valence-electron chi connectivity index (χ0n) is 8.25. The summed E-state index contributed by atoms with van der Waals surface area (Å²) in [6.07, 6.45) is 0. The molecule has 0 radical (unpaired) electrons. The summed E-state index contributed by atoms with van der Waals surface area (Å²) in [6.45, 7) is 2.37. The fourth-order valence-corrected chi connectivity index (χ4v) is 1.05. The normalized spacial score (nSPS) is 9.93. The van der Waals surface area contributed by atoms with Gasteiger partial charge in [-0.2, -0.15) is 0 Å². The van der Waals surface area contributed by atoms with Crippen LogP contribution < -0.4 is 5.73 Å². The first-order chi connectivity index (χ1) is 6.56. The zero-order valence-corrected chi connectivity index (χ0v) is 8.25. The van der Waals surface area contributed by atoms with Crippen molar-refractivity contribution in [3.63, 3.8) is 0 Å². The second-order valence-electron chi connectivity index (χ2n) is 3.06. The number of hydrogen-bond acceptors (Lipinski definition) is 2. The van der Waals surface area contributed by atoms with E-state index in [1.54, 1.807) is 7.05 Å². The highest BCUT2D eigenvalue weighted by molar-refractivity contribution is 5.94. The molecule has 3 nitrogen and oxygen atoms in total. The lowest BCUT2D eigenvalue weighted by molar-refractivity contribution is 0.0798. The van der Waals surface area contributed by atoms with Gasteiger partial charge in [0.15, 0.2) is 0 Å². The third kappa shape index (κ3) is 2.02. The van der Waals surface area contributed by atoms with Crippen LogP contribution in [-0.4, -0.2) is 24.4 Å². The van der Waals surface area contributed by atoms with Crippen LogP contribution in [0, 0.1) is 5.82 Å². The van der Waals surface area contributed by atoms with Gasteiger partial charge in [0, 0.05) is 19.3 Å². The molecule has 76 valence electrons. The molecule has 0 saturated carbocycles. The Bertz CT molecular complexity index is 352. The Morgan fingerprint density at radius 1 is 1.57 bits per heavy atom. The number of carbonyl (C=O) groups excluding carboxylic acids is 1. The Hall–Kier alpha value is -1.58. The minimum atomic E-state index is -0.574. The highest BCUT2D eigenvalue weighted by Gasteiger charge is 2.14. The van der Waals surface area contributed by atoms with Gasteiger partial charge in [-0.1, -0.05) is 0 Å². The Balaban J connectivity index is 3.02. The van der Waals surface area contributed by atoms with Crippen molar-refractivity contribution >= 4 is 11.6 Å². The van der Waals surface area contributed by atoms with Crippen LogP contribution in [0.5, 0.6) is 0 Å². The van der Waals surface area contributed by atoms with Crippen molar-refractivity contribution in [2.24, 2.45) is 0 Å². The van der Waals surface area contributed by atoms with Gasteiger partial charge in [0.05, 0.1) is 5.56 Å². The van der Waals surface area contributed by atoms with Crippen molar-refractivity contribution in [1.82, 2.24) is 4.90 Å². The quantitative estimate of drug-likeness (QED) is 0.728. The molecule has 0 fully saturated rings. The average molecular weight is 196 g/mol. The number of benzene rings is 1. The fourth-order valence-electron chi connectivity index (χ4n) is 1.05. The van der Waals surface area contributed by atoms with Crippen molar-refractivity contribution < 1.29 is 9.18 Å². The van der Waals surface area contributed by atoms with Crippen molar-refractivity contribution in [2.45, 2.75) is 6.92 Å². The lowest BCUT2D eigenvalue weighted by Crippen LogP contribution is -2.27. The van der Waals surface area contributed by atoms with Crippen LogP contribution in [0.25, 0.3) is 0 Å². The summed E-state index contributed by atoms with van der Waals surface area (Å²) < 4.78 is 13.3. The third-order valence-corrected chi connectivity index (χ3v) is 2.04. The molecule has 14 heavy (non-hydrogen) atoms. The highest BCUT2D eigenvalue weighted by atomic mass is 19.1. The van der Waals surface area contributed by atoms with Crippen LogP contribution in [0.4, 0.5) is 10.1 Å². The molecule has 1 aromatic rings. The molecule has 4 heteroatoms. The number of nitrogens with zero attached hydrogens (tertiary/aromatic N) is 1. The van der Waals surface area contributed by atoms with Gasteiger partial charge in [-0.25, -0.2) is 4.39 Å². The number of amides is 1. The number of rotatable bonds is 2. The van der Waals surface area contributed by atoms with E-state index in [1.165, 1.54) is 17.0 Å². The van der Waals surface area contributed by atoms with E-state index >= 15 is 0 Å². The van der Waals surface area contributed by atoms with Gasteiger partial charge in [0.1, 0.15) is 5.82 Å². The van der Waals surface area contributed by atoms with Crippen LogP contribution in [0.3, 0.4) is 0 Å². The number of anilines is 1. The number of carbonyl (C=O) groups is 1. The van der Waals surface area contributed by atoms with E-state index in [4.69, 9.17) is 5.73 Å². The van der Waals surface area contributed by atoms with Gasteiger partial charge in [-0.15, -0.1) is 0 Å². The molecule has 1 amide bonds. The zero-order chi connectivity index (χ0) is 10.7. The lowest BCUT2D eigenvalue weighted by atomic mass is 10.1. The van der Waals surface area contributed by atoms with Gasteiger partial charge in [-0.05, 0) is 25.1 Å². The van der Waals surface area contributed by atoms with E-state index in [0.717, 1.165) is 6.07 Å². The minimum Gasteiger partial charge on any atom is -0.399 e. The summed E-state index contributed by atoms with van der Waals surface area (Å²) in [7, 11) is 1.62. The maximum absolute atomic E-state index is 13.3. The molecule has 0 aromatic heterocycles. The molecule has 1 rings (SSSR count). The molecule has 0 unspecified atom stereocenters. The number of halogens is 1. The van der Waals surface area contributed by atoms with Crippen molar-refractivity contribution in [1.29, 1.82) is 0 Å². The van der Waals surface area contributed by atoms with Gasteiger partial charge in [-0.3, -0.25) is 4.79 Å².